The number of aromatic nitrogens is 2. The van der Waals surface area contributed by atoms with Crippen LogP contribution in [0.15, 0.2) is 24.5 Å². The Morgan fingerprint density at radius 3 is 2.75 bits per heavy atom. The molecule has 0 atom stereocenters. The van der Waals surface area contributed by atoms with Gasteiger partial charge in [-0.3, -0.25) is 0 Å². The van der Waals surface area contributed by atoms with Crippen LogP contribution in [0.25, 0.3) is 0 Å². The summed E-state index contributed by atoms with van der Waals surface area (Å²) in [4.78, 5) is 8.26. The molecular weight excluding hydrogens is 322 g/mol. The molecule has 2 rings (SSSR count). The Morgan fingerprint density at radius 1 is 1.21 bits per heavy atom. The summed E-state index contributed by atoms with van der Waals surface area (Å²) >= 11 is 6.09. The Kier molecular flexibility index (Phi) is 7.32. The maximum Gasteiger partial charge on any atom is 0.137 e. The van der Waals surface area contributed by atoms with Gasteiger partial charge in [-0.05, 0) is 43.4 Å². The monoisotopic (exact) mass is 347 g/mol. The molecule has 24 heavy (non-hydrogen) atoms. The Bertz CT molecular complexity index is 661. The lowest BCUT2D eigenvalue weighted by Gasteiger charge is -2.13. The van der Waals surface area contributed by atoms with Crippen molar-refractivity contribution in [1.82, 2.24) is 9.97 Å². The molecule has 130 valence electrons. The molecule has 0 amide bonds. The second-order valence-corrected chi connectivity index (χ2v) is 6.18. The molecule has 0 bridgehead atoms. The summed E-state index contributed by atoms with van der Waals surface area (Å²) in [5.74, 6) is 1.72. The fraction of sp³-hybridized carbons (Fsp3) is 0.474. The third-order valence-electron chi connectivity index (χ3n) is 3.96. The van der Waals surface area contributed by atoms with Crippen LogP contribution in [0.1, 0.15) is 43.4 Å². The molecule has 0 fully saturated rings. The van der Waals surface area contributed by atoms with Gasteiger partial charge >= 0.3 is 0 Å². The van der Waals surface area contributed by atoms with Crippen molar-refractivity contribution in [3.63, 3.8) is 0 Å². The van der Waals surface area contributed by atoms with Crippen molar-refractivity contribution in [2.24, 2.45) is 0 Å². The van der Waals surface area contributed by atoms with Crippen LogP contribution in [0.2, 0.25) is 5.15 Å². The van der Waals surface area contributed by atoms with Crippen LogP contribution in [-0.2, 0) is 12.8 Å². The number of rotatable bonds is 9. The SMILES string of the molecule is CCCCc1ccc(OCCNc2ncnc(Cl)c2CC)c(C)c1. The van der Waals surface area contributed by atoms with Crippen molar-refractivity contribution in [2.75, 3.05) is 18.5 Å². The molecule has 0 aliphatic carbocycles. The molecule has 1 aromatic carbocycles. The maximum absolute atomic E-state index is 6.09. The molecule has 0 unspecified atom stereocenters. The van der Waals surface area contributed by atoms with Crippen molar-refractivity contribution in [3.05, 3.63) is 46.4 Å². The van der Waals surface area contributed by atoms with Crippen LogP contribution in [0.3, 0.4) is 0 Å². The van der Waals surface area contributed by atoms with Gasteiger partial charge in [0.2, 0.25) is 0 Å². The van der Waals surface area contributed by atoms with E-state index in [9.17, 15) is 0 Å². The number of nitrogens with one attached hydrogen (secondary N) is 1. The second-order valence-electron chi connectivity index (χ2n) is 5.82. The summed E-state index contributed by atoms with van der Waals surface area (Å²) < 4.78 is 5.88. The van der Waals surface area contributed by atoms with Crippen LogP contribution in [0.5, 0.6) is 5.75 Å². The third kappa shape index (κ3) is 5.10. The van der Waals surface area contributed by atoms with E-state index >= 15 is 0 Å². The minimum Gasteiger partial charge on any atom is -0.491 e. The predicted molar refractivity (Wildman–Crippen MR) is 100 cm³/mol. The van der Waals surface area contributed by atoms with E-state index in [4.69, 9.17) is 16.3 Å². The van der Waals surface area contributed by atoms with E-state index in [1.54, 1.807) is 0 Å². The smallest absolute Gasteiger partial charge is 0.137 e. The number of ether oxygens (including phenoxy) is 1. The standard InChI is InChI=1S/C19H26ClN3O/c1-4-6-7-15-8-9-17(14(3)12-15)24-11-10-21-19-16(5-2)18(20)22-13-23-19/h8-9,12-13H,4-7,10-11H2,1-3H3,(H,21,22,23). The van der Waals surface area contributed by atoms with E-state index in [1.807, 2.05) is 6.92 Å². The lowest BCUT2D eigenvalue weighted by atomic mass is 10.1. The number of aryl methyl sites for hydroxylation is 2. The highest BCUT2D eigenvalue weighted by Gasteiger charge is 2.07. The molecule has 0 aliphatic heterocycles. The highest BCUT2D eigenvalue weighted by molar-refractivity contribution is 6.30. The highest BCUT2D eigenvalue weighted by atomic mass is 35.5. The molecule has 0 saturated carbocycles. The minimum atomic E-state index is 0.509. The average molecular weight is 348 g/mol. The van der Waals surface area contributed by atoms with E-state index in [0.29, 0.717) is 18.3 Å². The molecule has 0 radical (unpaired) electrons. The number of anilines is 1. The van der Waals surface area contributed by atoms with Gasteiger partial charge in [0.05, 0.1) is 6.54 Å². The molecule has 1 heterocycles. The van der Waals surface area contributed by atoms with Gasteiger partial charge in [-0.25, -0.2) is 9.97 Å². The summed E-state index contributed by atoms with van der Waals surface area (Å²) in [5, 5.41) is 3.78. The van der Waals surface area contributed by atoms with Crippen LogP contribution < -0.4 is 10.1 Å². The van der Waals surface area contributed by atoms with Crippen molar-refractivity contribution < 1.29 is 4.74 Å². The quantitative estimate of drug-likeness (QED) is 0.521. The largest absolute Gasteiger partial charge is 0.491 e. The first kappa shape index (κ1) is 18.5. The topological polar surface area (TPSA) is 47.0 Å². The maximum atomic E-state index is 6.09. The first-order chi connectivity index (χ1) is 11.7. The first-order valence-electron chi connectivity index (χ1n) is 8.61. The van der Waals surface area contributed by atoms with Gasteiger partial charge in [-0.2, -0.15) is 0 Å². The summed E-state index contributed by atoms with van der Waals surface area (Å²) in [7, 11) is 0. The van der Waals surface area contributed by atoms with E-state index in [-0.39, 0.29) is 0 Å². The van der Waals surface area contributed by atoms with Gasteiger partial charge in [0, 0.05) is 5.56 Å². The third-order valence-corrected chi connectivity index (χ3v) is 4.28. The van der Waals surface area contributed by atoms with Crippen molar-refractivity contribution in [1.29, 1.82) is 0 Å². The van der Waals surface area contributed by atoms with Crippen molar-refractivity contribution in [2.45, 2.75) is 46.5 Å². The number of nitrogens with zero attached hydrogens (tertiary/aromatic N) is 2. The van der Waals surface area contributed by atoms with Gasteiger partial charge in [0.15, 0.2) is 0 Å². The van der Waals surface area contributed by atoms with E-state index < -0.39 is 0 Å². The molecular formula is C19H26ClN3O. The van der Waals surface area contributed by atoms with E-state index in [2.05, 4.69) is 47.3 Å². The van der Waals surface area contributed by atoms with Crippen LogP contribution in [-0.4, -0.2) is 23.1 Å². The summed E-state index contributed by atoms with van der Waals surface area (Å²) in [6, 6.07) is 6.45. The average Bonchev–Trinajstić information content (AvgIpc) is 2.58. The zero-order valence-corrected chi connectivity index (χ0v) is 15.5. The second kappa shape index (κ2) is 9.48. The molecule has 5 heteroatoms. The number of unbranched alkanes of at least 4 members (excludes halogenated alkanes) is 1. The number of halogens is 1. The number of benzene rings is 1. The molecule has 1 aromatic heterocycles. The van der Waals surface area contributed by atoms with Gasteiger partial charge < -0.3 is 10.1 Å². The Hall–Kier alpha value is -1.81. The molecule has 2 aromatic rings. The Balaban J connectivity index is 1.85. The fourth-order valence-electron chi connectivity index (χ4n) is 2.60. The van der Waals surface area contributed by atoms with E-state index in [1.165, 1.54) is 30.3 Å². The minimum absolute atomic E-state index is 0.509. The van der Waals surface area contributed by atoms with Crippen LogP contribution in [0, 0.1) is 6.92 Å². The Labute approximate surface area is 149 Å². The summed E-state index contributed by atoms with van der Waals surface area (Å²) in [6.45, 7) is 7.58. The molecule has 4 nitrogen and oxygen atoms in total. The first-order valence-corrected chi connectivity index (χ1v) is 8.99. The van der Waals surface area contributed by atoms with Gasteiger partial charge in [-0.1, -0.05) is 44.0 Å². The molecule has 0 saturated heterocycles. The van der Waals surface area contributed by atoms with Gasteiger partial charge in [0.1, 0.15) is 29.7 Å². The van der Waals surface area contributed by atoms with Gasteiger partial charge in [-0.15, -0.1) is 0 Å². The lowest BCUT2D eigenvalue weighted by Crippen LogP contribution is -2.14. The zero-order chi connectivity index (χ0) is 17.4. The van der Waals surface area contributed by atoms with Crippen molar-refractivity contribution >= 4 is 17.4 Å². The summed E-state index contributed by atoms with van der Waals surface area (Å²) in [5.41, 5.74) is 3.50. The number of hydrogen-bond acceptors (Lipinski definition) is 4. The van der Waals surface area contributed by atoms with E-state index in [0.717, 1.165) is 30.0 Å². The Morgan fingerprint density at radius 2 is 2.04 bits per heavy atom. The molecule has 0 aliphatic rings. The fourth-order valence-corrected chi connectivity index (χ4v) is 2.86. The lowest BCUT2D eigenvalue weighted by molar-refractivity contribution is 0.330. The van der Waals surface area contributed by atoms with Crippen molar-refractivity contribution in [3.8, 4) is 5.75 Å². The molecule has 0 spiro atoms. The normalized spacial score (nSPS) is 10.7. The highest BCUT2D eigenvalue weighted by Crippen LogP contribution is 2.21. The molecule has 1 N–H and O–H groups in total. The summed E-state index contributed by atoms with van der Waals surface area (Å²) in [6.07, 6.45) is 5.85. The predicted octanol–water partition coefficient (Wildman–Crippen LogP) is 4.83. The van der Waals surface area contributed by atoms with Crippen LogP contribution >= 0.6 is 11.6 Å². The van der Waals surface area contributed by atoms with Gasteiger partial charge in [0.25, 0.3) is 0 Å². The zero-order valence-electron chi connectivity index (χ0n) is 14.7. The van der Waals surface area contributed by atoms with Crippen LogP contribution in [0.4, 0.5) is 5.82 Å². The number of hydrogen-bond donors (Lipinski definition) is 1.